The minimum atomic E-state index is -0.0541. The first-order valence-corrected chi connectivity index (χ1v) is 9.22. The molecule has 2 nitrogen and oxygen atoms in total. The molecule has 0 spiro atoms. The van der Waals surface area contributed by atoms with Gasteiger partial charge in [-0.1, -0.05) is 22.9 Å². The molecule has 1 fully saturated rings. The van der Waals surface area contributed by atoms with Crippen LogP contribution in [0.2, 0.25) is 0 Å². The predicted octanol–water partition coefficient (Wildman–Crippen LogP) is 4.21. The lowest BCUT2D eigenvalue weighted by molar-refractivity contribution is 0.144. The van der Waals surface area contributed by atoms with Crippen LogP contribution < -0.4 is 5.32 Å². The van der Waals surface area contributed by atoms with Crippen molar-refractivity contribution in [2.75, 3.05) is 12.4 Å². The van der Waals surface area contributed by atoms with E-state index in [1.807, 2.05) is 11.8 Å². The fraction of sp³-hybridized carbons (Fsp3) is 0.625. The van der Waals surface area contributed by atoms with Crippen LogP contribution >= 0.6 is 27.7 Å². The highest BCUT2D eigenvalue weighted by Gasteiger charge is 2.33. The van der Waals surface area contributed by atoms with Crippen LogP contribution in [0.4, 0.5) is 0 Å². The second kappa shape index (κ2) is 7.83. The summed E-state index contributed by atoms with van der Waals surface area (Å²) < 4.78 is 1.13. The standard InChI is InChI=1S/C16H24BrNOS/c1-2-16(12-19,18-14-6-7-14)10-3-11-20-15-8-4-13(17)5-9-15/h4-5,8-9,14,18-19H,2-3,6-7,10-12H2,1H3. The zero-order valence-corrected chi connectivity index (χ0v) is 14.5. The lowest BCUT2D eigenvalue weighted by Crippen LogP contribution is -2.49. The van der Waals surface area contributed by atoms with Crippen molar-refractivity contribution in [1.29, 1.82) is 0 Å². The highest BCUT2D eigenvalue weighted by atomic mass is 79.9. The van der Waals surface area contributed by atoms with Crippen molar-refractivity contribution in [2.24, 2.45) is 0 Å². The Bertz CT molecular complexity index is 401. The molecule has 4 heteroatoms. The third kappa shape index (κ3) is 5.06. The van der Waals surface area contributed by atoms with Crippen LogP contribution in [0.3, 0.4) is 0 Å². The number of benzene rings is 1. The van der Waals surface area contributed by atoms with Crippen molar-refractivity contribution in [2.45, 2.75) is 55.5 Å². The molecule has 2 N–H and O–H groups in total. The fourth-order valence-electron chi connectivity index (χ4n) is 2.38. The van der Waals surface area contributed by atoms with Gasteiger partial charge in [-0.05, 0) is 62.1 Å². The third-order valence-electron chi connectivity index (χ3n) is 3.95. The lowest BCUT2D eigenvalue weighted by Gasteiger charge is -2.32. The molecule has 2 rings (SSSR count). The zero-order chi connectivity index (χ0) is 14.4. The van der Waals surface area contributed by atoms with Gasteiger partial charge in [0.2, 0.25) is 0 Å². The quantitative estimate of drug-likeness (QED) is 0.512. The van der Waals surface area contributed by atoms with Gasteiger partial charge >= 0.3 is 0 Å². The van der Waals surface area contributed by atoms with Gasteiger partial charge in [-0.15, -0.1) is 11.8 Å². The molecule has 1 aliphatic rings. The maximum atomic E-state index is 9.73. The van der Waals surface area contributed by atoms with Gasteiger partial charge in [0.05, 0.1) is 6.61 Å². The number of nitrogens with one attached hydrogen (secondary N) is 1. The summed E-state index contributed by atoms with van der Waals surface area (Å²) in [7, 11) is 0. The van der Waals surface area contributed by atoms with E-state index in [9.17, 15) is 5.11 Å². The second-order valence-electron chi connectivity index (χ2n) is 5.62. The van der Waals surface area contributed by atoms with E-state index >= 15 is 0 Å². The number of aliphatic hydroxyl groups is 1. The number of hydrogen-bond donors (Lipinski definition) is 2. The minimum Gasteiger partial charge on any atom is -0.394 e. The molecule has 1 unspecified atom stereocenters. The molecule has 0 radical (unpaired) electrons. The first kappa shape index (κ1) is 16.3. The van der Waals surface area contributed by atoms with Crippen LogP contribution in [0.15, 0.2) is 33.6 Å². The average molecular weight is 358 g/mol. The normalized spacial score (nSPS) is 17.9. The van der Waals surface area contributed by atoms with Gasteiger partial charge in [0.25, 0.3) is 0 Å². The van der Waals surface area contributed by atoms with Crippen molar-refractivity contribution in [3.8, 4) is 0 Å². The molecular weight excluding hydrogens is 334 g/mol. The summed E-state index contributed by atoms with van der Waals surface area (Å²) in [4.78, 5) is 1.31. The second-order valence-corrected chi connectivity index (χ2v) is 7.70. The summed E-state index contributed by atoms with van der Waals surface area (Å²) in [6.07, 6.45) is 5.74. The van der Waals surface area contributed by atoms with Gasteiger partial charge < -0.3 is 10.4 Å². The zero-order valence-electron chi connectivity index (χ0n) is 12.1. The molecule has 112 valence electrons. The highest BCUT2D eigenvalue weighted by Crippen LogP contribution is 2.28. The van der Waals surface area contributed by atoms with E-state index < -0.39 is 0 Å². The summed E-state index contributed by atoms with van der Waals surface area (Å²) in [5.74, 6) is 1.11. The smallest absolute Gasteiger partial charge is 0.0613 e. The van der Waals surface area contributed by atoms with Crippen molar-refractivity contribution in [3.05, 3.63) is 28.7 Å². The van der Waals surface area contributed by atoms with Crippen LogP contribution in [-0.4, -0.2) is 29.0 Å². The maximum absolute atomic E-state index is 9.73. The Balaban J connectivity index is 1.73. The van der Waals surface area contributed by atoms with Crippen LogP contribution in [0.25, 0.3) is 0 Å². The Morgan fingerprint density at radius 3 is 2.60 bits per heavy atom. The van der Waals surface area contributed by atoms with E-state index in [0.717, 1.165) is 29.5 Å². The Morgan fingerprint density at radius 2 is 2.05 bits per heavy atom. The molecule has 1 aliphatic carbocycles. The van der Waals surface area contributed by atoms with Crippen molar-refractivity contribution >= 4 is 27.7 Å². The Hall–Kier alpha value is -0.0300. The van der Waals surface area contributed by atoms with Crippen LogP contribution in [0.1, 0.15) is 39.0 Å². The van der Waals surface area contributed by atoms with E-state index in [1.54, 1.807) is 0 Å². The van der Waals surface area contributed by atoms with Crippen LogP contribution in [0.5, 0.6) is 0 Å². The van der Waals surface area contributed by atoms with E-state index in [0.29, 0.717) is 6.04 Å². The Labute approximate surface area is 134 Å². The largest absolute Gasteiger partial charge is 0.394 e. The predicted molar refractivity (Wildman–Crippen MR) is 90.4 cm³/mol. The average Bonchev–Trinajstić information content (AvgIpc) is 3.28. The molecule has 0 aromatic heterocycles. The first-order chi connectivity index (χ1) is 9.67. The van der Waals surface area contributed by atoms with E-state index in [-0.39, 0.29) is 12.1 Å². The third-order valence-corrected chi connectivity index (χ3v) is 5.58. The van der Waals surface area contributed by atoms with Crippen LogP contribution in [-0.2, 0) is 0 Å². The van der Waals surface area contributed by atoms with E-state index in [4.69, 9.17) is 0 Å². The Kier molecular flexibility index (Phi) is 6.40. The summed E-state index contributed by atoms with van der Waals surface area (Å²) in [6.45, 7) is 2.43. The molecular formula is C16H24BrNOS. The lowest BCUT2D eigenvalue weighted by atomic mass is 9.91. The van der Waals surface area contributed by atoms with Gasteiger partial charge in [0.15, 0.2) is 0 Å². The number of rotatable bonds is 9. The van der Waals surface area contributed by atoms with Crippen molar-refractivity contribution in [1.82, 2.24) is 5.32 Å². The Morgan fingerprint density at radius 1 is 1.35 bits per heavy atom. The topological polar surface area (TPSA) is 32.3 Å². The van der Waals surface area contributed by atoms with Crippen molar-refractivity contribution < 1.29 is 5.11 Å². The highest BCUT2D eigenvalue weighted by molar-refractivity contribution is 9.10. The van der Waals surface area contributed by atoms with Gasteiger partial charge in [0, 0.05) is 20.9 Å². The monoisotopic (exact) mass is 357 g/mol. The van der Waals surface area contributed by atoms with Crippen molar-refractivity contribution in [3.63, 3.8) is 0 Å². The van der Waals surface area contributed by atoms with Crippen LogP contribution in [0, 0.1) is 0 Å². The molecule has 0 amide bonds. The van der Waals surface area contributed by atoms with Gasteiger partial charge in [0.1, 0.15) is 0 Å². The first-order valence-electron chi connectivity index (χ1n) is 7.44. The molecule has 0 saturated heterocycles. The SMILES string of the molecule is CCC(CO)(CCCSc1ccc(Br)cc1)NC1CC1. The van der Waals surface area contributed by atoms with Gasteiger partial charge in [-0.25, -0.2) is 0 Å². The van der Waals surface area contributed by atoms with E-state index in [2.05, 4.69) is 52.4 Å². The van der Waals surface area contributed by atoms with Gasteiger partial charge in [-0.2, -0.15) is 0 Å². The molecule has 0 aliphatic heterocycles. The molecule has 1 aromatic carbocycles. The summed E-state index contributed by atoms with van der Waals surface area (Å²) in [5, 5.41) is 13.4. The molecule has 20 heavy (non-hydrogen) atoms. The molecule has 0 heterocycles. The number of halogens is 1. The fourth-order valence-corrected chi connectivity index (χ4v) is 3.50. The maximum Gasteiger partial charge on any atom is 0.0613 e. The number of thioether (sulfide) groups is 1. The molecule has 1 saturated carbocycles. The minimum absolute atomic E-state index is 0.0541. The summed E-state index contributed by atoms with van der Waals surface area (Å²) >= 11 is 5.35. The molecule has 0 bridgehead atoms. The number of aliphatic hydroxyl groups excluding tert-OH is 1. The number of hydrogen-bond acceptors (Lipinski definition) is 3. The summed E-state index contributed by atoms with van der Waals surface area (Å²) in [6, 6.07) is 9.12. The van der Waals surface area contributed by atoms with E-state index in [1.165, 1.54) is 17.7 Å². The summed E-state index contributed by atoms with van der Waals surface area (Å²) in [5.41, 5.74) is -0.0541. The van der Waals surface area contributed by atoms with Gasteiger partial charge in [-0.3, -0.25) is 0 Å². The molecule has 1 aromatic rings. The molecule has 1 atom stereocenters.